The van der Waals surface area contributed by atoms with Crippen LogP contribution in [0.3, 0.4) is 0 Å². The van der Waals surface area contributed by atoms with Crippen molar-refractivity contribution in [3.05, 3.63) is 24.3 Å². The maximum atomic E-state index is 12.8. The van der Waals surface area contributed by atoms with Crippen molar-refractivity contribution in [3.63, 3.8) is 0 Å². The van der Waals surface area contributed by atoms with Gasteiger partial charge in [-0.25, -0.2) is 4.39 Å². The molecule has 0 saturated heterocycles. The number of para-hydroxylation sites is 2. The second kappa shape index (κ2) is 4.34. The van der Waals surface area contributed by atoms with Gasteiger partial charge >= 0.3 is 12.3 Å². The van der Waals surface area contributed by atoms with Gasteiger partial charge in [0.25, 0.3) is 6.17 Å². The lowest BCUT2D eigenvalue weighted by Crippen LogP contribution is -2.45. The minimum Gasteiger partial charge on any atom is -0.504 e. The second-order valence-corrected chi connectivity index (χ2v) is 3.04. The molecule has 8 heteroatoms. The summed E-state index contributed by atoms with van der Waals surface area (Å²) in [7, 11) is 0. The molecule has 0 aliphatic heterocycles. The van der Waals surface area contributed by atoms with E-state index in [9.17, 15) is 26.3 Å². The first-order valence-corrected chi connectivity index (χ1v) is 4.20. The monoisotopic (exact) mass is 260 g/mol. The molecule has 2 nitrogen and oxygen atoms in total. The van der Waals surface area contributed by atoms with Crippen molar-refractivity contribution in [2.24, 2.45) is 0 Å². The van der Waals surface area contributed by atoms with Gasteiger partial charge in [0.15, 0.2) is 11.5 Å². The molecule has 1 unspecified atom stereocenters. The highest BCUT2D eigenvalue weighted by atomic mass is 19.4. The molecule has 1 N–H and O–H groups in total. The van der Waals surface area contributed by atoms with Crippen LogP contribution in [0.4, 0.5) is 26.3 Å². The van der Waals surface area contributed by atoms with Gasteiger partial charge in [0.05, 0.1) is 0 Å². The largest absolute Gasteiger partial charge is 0.504 e. The predicted octanol–water partition coefficient (Wildman–Crippen LogP) is 3.26. The molecule has 0 bridgehead atoms. The summed E-state index contributed by atoms with van der Waals surface area (Å²) in [6.45, 7) is 0. The van der Waals surface area contributed by atoms with E-state index in [1.54, 1.807) is 0 Å². The molecule has 1 atom stereocenters. The number of benzene rings is 1. The summed E-state index contributed by atoms with van der Waals surface area (Å²) >= 11 is 0. The Morgan fingerprint density at radius 2 is 1.59 bits per heavy atom. The van der Waals surface area contributed by atoms with Crippen molar-refractivity contribution in [1.82, 2.24) is 0 Å². The number of halogens is 6. The molecule has 0 radical (unpaired) electrons. The van der Waals surface area contributed by atoms with Gasteiger partial charge in [-0.1, -0.05) is 12.1 Å². The summed E-state index contributed by atoms with van der Waals surface area (Å²) in [5.74, 6) is -1.76. The van der Waals surface area contributed by atoms with Crippen molar-refractivity contribution in [2.75, 3.05) is 0 Å². The van der Waals surface area contributed by atoms with E-state index in [1.165, 1.54) is 6.07 Å². The third-order valence-electron chi connectivity index (χ3n) is 1.69. The number of rotatable bonds is 3. The number of phenols is 1. The quantitative estimate of drug-likeness (QED) is 0.845. The van der Waals surface area contributed by atoms with Crippen LogP contribution in [0.15, 0.2) is 24.3 Å². The maximum absolute atomic E-state index is 12.8. The molecule has 0 heterocycles. The number of ether oxygens (including phenoxy) is 1. The third kappa shape index (κ3) is 3.18. The van der Waals surface area contributed by atoms with E-state index in [-0.39, 0.29) is 0 Å². The van der Waals surface area contributed by atoms with E-state index in [1.807, 2.05) is 0 Å². The lowest BCUT2D eigenvalue weighted by atomic mass is 10.3. The van der Waals surface area contributed by atoms with Gasteiger partial charge in [0.2, 0.25) is 0 Å². The van der Waals surface area contributed by atoms with E-state index < -0.39 is 30.0 Å². The Labute approximate surface area is 91.4 Å². The zero-order valence-corrected chi connectivity index (χ0v) is 8.01. The maximum Gasteiger partial charge on any atom is 0.439 e. The average Bonchev–Trinajstić information content (AvgIpc) is 2.19. The topological polar surface area (TPSA) is 29.5 Å². The van der Waals surface area contributed by atoms with Crippen LogP contribution in [0, 0.1) is 0 Å². The molecular weight excluding hydrogens is 254 g/mol. The molecule has 96 valence electrons. The Balaban J connectivity index is 2.90. The van der Waals surface area contributed by atoms with E-state index >= 15 is 0 Å². The SMILES string of the molecule is Oc1ccccc1OC(F)(F)C(F)C(F)(F)F. The van der Waals surface area contributed by atoms with E-state index in [0.717, 1.165) is 18.2 Å². The summed E-state index contributed by atoms with van der Waals surface area (Å²) in [5, 5.41) is 9.00. The lowest BCUT2D eigenvalue weighted by molar-refractivity contribution is -0.305. The van der Waals surface area contributed by atoms with E-state index in [4.69, 9.17) is 5.11 Å². The van der Waals surface area contributed by atoms with Crippen LogP contribution in [0.5, 0.6) is 11.5 Å². The van der Waals surface area contributed by atoms with Gasteiger partial charge in [0.1, 0.15) is 0 Å². The van der Waals surface area contributed by atoms with Crippen LogP contribution in [-0.2, 0) is 0 Å². The molecule has 0 aliphatic carbocycles. The normalized spacial score (nSPS) is 14.5. The summed E-state index contributed by atoms with van der Waals surface area (Å²) in [4.78, 5) is 0. The van der Waals surface area contributed by atoms with Gasteiger partial charge in [0, 0.05) is 0 Å². The molecule has 1 aromatic carbocycles. The van der Waals surface area contributed by atoms with Gasteiger partial charge in [-0.15, -0.1) is 0 Å². The summed E-state index contributed by atoms with van der Waals surface area (Å²) in [6.07, 6.45) is -15.3. The predicted molar refractivity (Wildman–Crippen MR) is 44.6 cm³/mol. The van der Waals surface area contributed by atoms with Crippen LogP contribution >= 0.6 is 0 Å². The Bertz CT molecular complexity index is 389. The van der Waals surface area contributed by atoms with Gasteiger partial charge in [-0.3, -0.25) is 0 Å². The summed E-state index contributed by atoms with van der Waals surface area (Å²) in [5.41, 5.74) is 0. The molecule has 0 aliphatic rings. The fraction of sp³-hybridized carbons (Fsp3) is 0.333. The first-order valence-electron chi connectivity index (χ1n) is 4.20. The van der Waals surface area contributed by atoms with Crippen LogP contribution in [0.1, 0.15) is 0 Å². The Morgan fingerprint density at radius 3 is 2.06 bits per heavy atom. The van der Waals surface area contributed by atoms with Crippen molar-refractivity contribution >= 4 is 0 Å². The Hall–Kier alpha value is -1.60. The number of aromatic hydroxyl groups is 1. The lowest BCUT2D eigenvalue weighted by Gasteiger charge is -2.23. The second-order valence-electron chi connectivity index (χ2n) is 3.04. The van der Waals surface area contributed by atoms with Gasteiger partial charge < -0.3 is 9.84 Å². The highest BCUT2D eigenvalue weighted by Crippen LogP contribution is 2.38. The third-order valence-corrected chi connectivity index (χ3v) is 1.69. The van der Waals surface area contributed by atoms with Crippen molar-refractivity contribution in [3.8, 4) is 11.5 Å². The molecule has 0 saturated carbocycles. The molecule has 0 aromatic heterocycles. The minimum absolute atomic E-state index is 0.784. The number of hydrogen-bond acceptors (Lipinski definition) is 2. The Kier molecular flexibility index (Phi) is 3.44. The smallest absolute Gasteiger partial charge is 0.439 e. The van der Waals surface area contributed by atoms with Crippen LogP contribution in [0.2, 0.25) is 0 Å². The Morgan fingerprint density at radius 1 is 1.06 bits per heavy atom. The van der Waals surface area contributed by atoms with E-state index in [0.29, 0.717) is 0 Å². The van der Waals surface area contributed by atoms with Crippen LogP contribution in [-0.4, -0.2) is 23.6 Å². The summed E-state index contributed by atoms with van der Waals surface area (Å²) in [6, 6.07) is 4.06. The highest BCUT2D eigenvalue weighted by Gasteiger charge is 2.59. The molecule has 17 heavy (non-hydrogen) atoms. The standard InChI is InChI=1S/C9H6F6O2/c10-7(8(11,12)13)9(14,15)17-6-4-2-1-3-5(6)16/h1-4,7,16H. The molecule has 0 amide bonds. The molecular formula is C9H6F6O2. The molecule has 1 aromatic rings. The highest BCUT2D eigenvalue weighted by molar-refractivity contribution is 5.38. The minimum atomic E-state index is -5.76. The summed E-state index contributed by atoms with van der Waals surface area (Å²) < 4.78 is 76.7. The zero-order valence-electron chi connectivity index (χ0n) is 8.01. The first kappa shape index (κ1) is 13.5. The molecule has 1 rings (SSSR count). The van der Waals surface area contributed by atoms with E-state index in [2.05, 4.69) is 4.74 Å². The molecule has 0 spiro atoms. The van der Waals surface area contributed by atoms with Crippen molar-refractivity contribution in [2.45, 2.75) is 18.5 Å². The number of hydrogen-bond donors (Lipinski definition) is 1. The van der Waals surface area contributed by atoms with Crippen LogP contribution in [0.25, 0.3) is 0 Å². The number of phenolic OH excluding ortho intramolecular Hbond substituents is 1. The fourth-order valence-electron chi connectivity index (χ4n) is 0.932. The fourth-order valence-corrected chi connectivity index (χ4v) is 0.932. The van der Waals surface area contributed by atoms with Crippen molar-refractivity contribution in [1.29, 1.82) is 0 Å². The zero-order chi connectivity index (χ0) is 13.3. The molecule has 0 fully saturated rings. The number of alkyl halides is 6. The van der Waals surface area contributed by atoms with Gasteiger partial charge in [-0.2, -0.15) is 22.0 Å². The average molecular weight is 260 g/mol. The van der Waals surface area contributed by atoms with Crippen LogP contribution < -0.4 is 4.74 Å². The van der Waals surface area contributed by atoms with Crippen molar-refractivity contribution < 1.29 is 36.2 Å². The first-order chi connectivity index (χ1) is 7.64. The van der Waals surface area contributed by atoms with Gasteiger partial charge in [-0.05, 0) is 12.1 Å².